The lowest BCUT2D eigenvalue weighted by Crippen LogP contribution is -2.34. The zero-order chi connectivity index (χ0) is 22.2. The van der Waals surface area contributed by atoms with Gasteiger partial charge in [-0.25, -0.2) is 9.67 Å². The molecule has 1 aromatic heterocycles. The predicted octanol–water partition coefficient (Wildman–Crippen LogP) is 3.48. The molecule has 3 aromatic rings. The highest BCUT2D eigenvalue weighted by Gasteiger charge is 2.13. The van der Waals surface area contributed by atoms with Gasteiger partial charge in [0.1, 0.15) is 18.4 Å². The summed E-state index contributed by atoms with van der Waals surface area (Å²) >= 11 is 6.26. The lowest BCUT2D eigenvalue weighted by atomic mass is 10.1. The molecule has 0 radical (unpaired) electrons. The number of benzene rings is 2. The van der Waals surface area contributed by atoms with Crippen molar-refractivity contribution < 1.29 is 14.3 Å². The van der Waals surface area contributed by atoms with Crippen LogP contribution in [-0.4, -0.2) is 51.2 Å². The minimum Gasteiger partial charge on any atom is -0.482 e. The first-order valence-electron chi connectivity index (χ1n) is 9.93. The van der Waals surface area contributed by atoms with Gasteiger partial charge in [0.15, 0.2) is 6.61 Å². The zero-order valence-electron chi connectivity index (χ0n) is 17.4. The Balaban J connectivity index is 1.57. The Hall–Kier alpha value is -3.39. The third-order valence-electron chi connectivity index (χ3n) is 4.68. The minimum atomic E-state index is -0.256. The Kier molecular flexibility index (Phi) is 7.61. The Labute approximate surface area is 185 Å². The molecule has 31 heavy (non-hydrogen) atoms. The van der Waals surface area contributed by atoms with E-state index in [1.807, 2.05) is 26.0 Å². The van der Waals surface area contributed by atoms with Crippen LogP contribution in [0.5, 0.6) is 5.75 Å². The molecule has 2 aromatic carbocycles. The molecule has 0 aliphatic carbocycles. The number of anilines is 1. The van der Waals surface area contributed by atoms with Crippen molar-refractivity contribution in [2.75, 3.05) is 25.0 Å². The predicted molar refractivity (Wildman–Crippen MR) is 118 cm³/mol. The van der Waals surface area contributed by atoms with E-state index in [2.05, 4.69) is 15.4 Å². The van der Waals surface area contributed by atoms with Crippen molar-refractivity contribution >= 4 is 29.1 Å². The Morgan fingerprint density at radius 3 is 2.48 bits per heavy atom. The minimum absolute atomic E-state index is 0.0892. The summed E-state index contributed by atoms with van der Waals surface area (Å²) < 4.78 is 7.24. The Morgan fingerprint density at radius 2 is 1.87 bits per heavy atom. The summed E-state index contributed by atoms with van der Waals surface area (Å²) in [7, 11) is 0. The van der Waals surface area contributed by atoms with E-state index < -0.39 is 0 Å². The van der Waals surface area contributed by atoms with Crippen LogP contribution in [0.3, 0.4) is 0 Å². The second-order valence-corrected chi connectivity index (χ2v) is 7.15. The number of ether oxygens (including phenoxy) is 1. The lowest BCUT2D eigenvalue weighted by Gasteiger charge is -2.19. The molecule has 9 heteroatoms. The molecule has 2 amide bonds. The summed E-state index contributed by atoms with van der Waals surface area (Å²) in [6.45, 7) is 5.56. The molecule has 0 fully saturated rings. The smallest absolute Gasteiger partial charge is 0.260 e. The van der Waals surface area contributed by atoms with Gasteiger partial charge in [0.05, 0.1) is 11.6 Å². The van der Waals surface area contributed by atoms with Gasteiger partial charge in [-0.2, -0.15) is 5.10 Å². The van der Waals surface area contributed by atoms with Gasteiger partial charge in [-0.05, 0) is 49.7 Å². The van der Waals surface area contributed by atoms with Crippen LogP contribution in [0.4, 0.5) is 5.69 Å². The van der Waals surface area contributed by atoms with Gasteiger partial charge < -0.3 is 15.0 Å². The third-order valence-corrected chi connectivity index (χ3v) is 4.98. The molecular weight excluding hydrogens is 418 g/mol. The summed E-state index contributed by atoms with van der Waals surface area (Å²) in [6.07, 6.45) is 3.11. The van der Waals surface area contributed by atoms with Gasteiger partial charge in [0.2, 0.25) is 0 Å². The highest BCUT2D eigenvalue weighted by Crippen LogP contribution is 2.28. The number of halogens is 1. The van der Waals surface area contributed by atoms with Crippen molar-refractivity contribution in [3.8, 4) is 5.75 Å². The van der Waals surface area contributed by atoms with Gasteiger partial charge in [-0.1, -0.05) is 23.7 Å². The number of carbonyl (C=O) groups is 2. The average Bonchev–Trinajstić information content (AvgIpc) is 3.27. The quantitative estimate of drug-likeness (QED) is 0.549. The summed E-state index contributed by atoms with van der Waals surface area (Å²) in [4.78, 5) is 30.2. The molecule has 0 bridgehead atoms. The van der Waals surface area contributed by atoms with Gasteiger partial charge >= 0.3 is 0 Å². The monoisotopic (exact) mass is 441 g/mol. The van der Waals surface area contributed by atoms with Crippen LogP contribution < -0.4 is 10.1 Å². The molecule has 0 aliphatic heterocycles. The topological polar surface area (TPSA) is 89.4 Å². The number of amides is 2. The van der Waals surface area contributed by atoms with Crippen LogP contribution in [0.1, 0.15) is 29.8 Å². The second kappa shape index (κ2) is 10.6. The molecule has 1 heterocycles. The van der Waals surface area contributed by atoms with Gasteiger partial charge in [-0.15, -0.1) is 0 Å². The number of nitrogens with one attached hydrogen (secondary N) is 1. The van der Waals surface area contributed by atoms with E-state index in [4.69, 9.17) is 16.3 Å². The van der Waals surface area contributed by atoms with E-state index in [1.165, 1.54) is 6.33 Å². The normalized spacial score (nSPS) is 10.5. The van der Waals surface area contributed by atoms with Crippen LogP contribution in [0.25, 0.3) is 0 Å². The number of hydrogen-bond donors (Lipinski definition) is 1. The SMILES string of the molecule is CCN(CC)C(=O)COc1ccc(NC(=O)c2ccc(Cn3cncn3)cc2)cc1Cl. The van der Waals surface area contributed by atoms with Crippen LogP contribution >= 0.6 is 11.6 Å². The lowest BCUT2D eigenvalue weighted by molar-refractivity contribution is -0.132. The number of rotatable bonds is 9. The maximum Gasteiger partial charge on any atom is 0.260 e. The molecule has 3 rings (SSSR count). The number of aromatic nitrogens is 3. The van der Waals surface area contributed by atoms with E-state index in [0.29, 0.717) is 41.7 Å². The molecular formula is C22H24ClN5O3. The van der Waals surface area contributed by atoms with Crippen LogP contribution in [0.2, 0.25) is 5.02 Å². The fourth-order valence-electron chi connectivity index (χ4n) is 2.97. The average molecular weight is 442 g/mol. The summed E-state index contributed by atoms with van der Waals surface area (Å²) in [5, 5.41) is 7.19. The first kappa shape index (κ1) is 22.3. The molecule has 0 spiro atoms. The standard InChI is InChI=1S/C22H24ClN5O3/c1-3-27(4-2)21(29)13-31-20-10-9-18(11-19(20)23)26-22(30)17-7-5-16(6-8-17)12-28-15-24-14-25-28/h5-11,14-15H,3-4,12-13H2,1-2H3,(H,26,30). The second-order valence-electron chi connectivity index (χ2n) is 6.74. The first-order valence-corrected chi connectivity index (χ1v) is 10.3. The van der Waals surface area contributed by atoms with Crippen molar-refractivity contribution in [2.45, 2.75) is 20.4 Å². The van der Waals surface area contributed by atoms with Gasteiger partial charge in [0.25, 0.3) is 11.8 Å². The van der Waals surface area contributed by atoms with Crippen molar-refractivity contribution in [2.24, 2.45) is 0 Å². The fraction of sp³-hybridized carbons (Fsp3) is 0.273. The van der Waals surface area contributed by atoms with E-state index in [1.54, 1.807) is 46.2 Å². The molecule has 0 saturated carbocycles. The van der Waals surface area contributed by atoms with Crippen molar-refractivity contribution in [1.29, 1.82) is 0 Å². The van der Waals surface area contributed by atoms with Crippen molar-refractivity contribution in [3.63, 3.8) is 0 Å². The zero-order valence-corrected chi connectivity index (χ0v) is 18.2. The van der Waals surface area contributed by atoms with Crippen LogP contribution in [0, 0.1) is 0 Å². The fourth-order valence-corrected chi connectivity index (χ4v) is 3.20. The number of likely N-dealkylation sites (N-methyl/N-ethyl adjacent to an activating group) is 1. The van der Waals surface area contributed by atoms with Crippen LogP contribution in [0.15, 0.2) is 55.1 Å². The molecule has 0 atom stereocenters. The molecule has 0 saturated heterocycles. The Morgan fingerprint density at radius 1 is 1.13 bits per heavy atom. The van der Waals surface area contributed by atoms with Gasteiger partial charge in [-0.3, -0.25) is 9.59 Å². The first-order chi connectivity index (χ1) is 15.0. The molecule has 8 nitrogen and oxygen atoms in total. The highest BCUT2D eigenvalue weighted by molar-refractivity contribution is 6.32. The van der Waals surface area contributed by atoms with Crippen LogP contribution in [-0.2, 0) is 11.3 Å². The van der Waals surface area contributed by atoms with E-state index in [9.17, 15) is 9.59 Å². The summed E-state index contributed by atoms with van der Waals surface area (Å²) in [5.41, 5.74) is 2.05. The highest BCUT2D eigenvalue weighted by atomic mass is 35.5. The van der Waals surface area contributed by atoms with E-state index >= 15 is 0 Å². The maximum atomic E-state index is 12.5. The largest absolute Gasteiger partial charge is 0.482 e. The van der Waals surface area contributed by atoms with Gasteiger partial charge in [0, 0.05) is 24.3 Å². The summed E-state index contributed by atoms with van der Waals surface area (Å²) in [6, 6.07) is 12.1. The third kappa shape index (κ3) is 6.05. The summed E-state index contributed by atoms with van der Waals surface area (Å²) in [5.74, 6) is 0.0251. The molecule has 1 N–H and O–H groups in total. The Bertz CT molecular complexity index is 1020. The van der Waals surface area contributed by atoms with Crippen molar-refractivity contribution in [1.82, 2.24) is 19.7 Å². The molecule has 0 unspecified atom stereocenters. The number of nitrogens with zero attached hydrogens (tertiary/aromatic N) is 4. The molecule has 0 aliphatic rings. The van der Waals surface area contributed by atoms with E-state index in [0.717, 1.165) is 5.56 Å². The molecule has 162 valence electrons. The number of hydrogen-bond acceptors (Lipinski definition) is 5. The number of carbonyl (C=O) groups excluding carboxylic acids is 2. The maximum absolute atomic E-state index is 12.5. The van der Waals surface area contributed by atoms with Crippen molar-refractivity contribution in [3.05, 3.63) is 71.3 Å². The van der Waals surface area contributed by atoms with E-state index in [-0.39, 0.29) is 18.4 Å².